The normalized spacial score (nSPS) is 36.3. The molecule has 0 amide bonds. The summed E-state index contributed by atoms with van der Waals surface area (Å²) >= 11 is 0. The molecule has 0 unspecified atom stereocenters. The molecular weight excluding hydrogens is 400 g/mol. The van der Waals surface area contributed by atoms with Crippen molar-refractivity contribution in [2.45, 2.75) is 63.4 Å². The van der Waals surface area contributed by atoms with Gasteiger partial charge in [0, 0.05) is 37.5 Å². The summed E-state index contributed by atoms with van der Waals surface area (Å²) in [5, 5.41) is 0. The summed E-state index contributed by atoms with van der Waals surface area (Å²) in [4.78, 5) is 23.4. The van der Waals surface area contributed by atoms with Crippen molar-refractivity contribution < 1.29 is 19.1 Å². The molecule has 2 fully saturated rings. The van der Waals surface area contributed by atoms with Crippen molar-refractivity contribution in [1.29, 1.82) is 0 Å². The van der Waals surface area contributed by atoms with E-state index in [0.29, 0.717) is 30.4 Å². The third-order valence-electron chi connectivity index (χ3n) is 9.27. The van der Waals surface area contributed by atoms with Crippen LogP contribution in [0.1, 0.15) is 73.7 Å². The van der Waals surface area contributed by atoms with E-state index in [1.54, 1.807) is 12.7 Å². The van der Waals surface area contributed by atoms with Crippen LogP contribution < -0.4 is 0 Å². The van der Waals surface area contributed by atoms with Crippen LogP contribution in [0.5, 0.6) is 0 Å². The summed E-state index contributed by atoms with van der Waals surface area (Å²) in [6.45, 7) is 3.04. The van der Waals surface area contributed by atoms with Crippen molar-refractivity contribution >= 4 is 12.1 Å². The summed E-state index contributed by atoms with van der Waals surface area (Å²) in [7, 11) is 3.63. The summed E-state index contributed by atoms with van der Waals surface area (Å²) in [5.41, 5.74) is 6.01. The minimum atomic E-state index is -0.276. The van der Waals surface area contributed by atoms with E-state index in [0.717, 1.165) is 44.8 Å². The van der Waals surface area contributed by atoms with Crippen LogP contribution >= 0.6 is 0 Å². The second kappa shape index (κ2) is 8.07. The molecule has 4 aliphatic carbocycles. The maximum absolute atomic E-state index is 12.2. The van der Waals surface area contributed by atoms with Gasteiger partial charge in [0.15, 0.2) is 5.78 Å². The quantitative estimate of drug-likeness (QED) is 0.580. The van der Waals surface area contributed by atoms with E-state index < -0.39 is 0 Å². The summed E-state index contributed by atoms with van der Waals surface area (Å²) in [6, 6.07) is 8.14. The van der Waals surface area contributed by atoms with Crippen LogP contribution in [-0.2, 0) is 14.3 Å². The first-order chi connectivity index (χ1) is 15.5. The van der Waals surface area contributed by atoms with Gasteiger partial charge in [0.2, 0.25) is 0 Å². The van der Waals surface area contributed by atoms with Crippen molar-refractivity contribution in [3.05, 3.63) is 58.2 Å². The van der Waals surface area contributed by atoms with E-state index in [9.17, 15) is 9.59 Å². The molecule has 0 heterocycles. The van der Waals surface area contributed by atoms with E-state index in [4.69, 9.17) is 9.47 Å². The number of ether oxygens (including phenoxy) is 2. The van der Waals surface area contributed by atoms with Crippen LogP contribution in [0.2, 0.25) is 0 Å². The Balaban J connectivity index is 1.67. The fraction of sp³-hybridized carbons (Fsp3) is 0.571. The number of rotatable bonds is 5. The first-order valence-corrected chi connectivity index (χ1v) is 12.0. The first kappa shape index (κ1) is 21.8. The average Bonchev–Trinajstić information content (AvgIpc) is 3.10. The zero-order valence-corrected chi connectivity index (χ0v) is 19.5. The maximum atomic E-state index is 12.2. The Bertz CT molecular complexity index is 987. The molecule has 0 N–H and O–H groups in total. The minimum absolute atomic E-state index is 0.00614. The lowest BCUT2D eigenvalue weighted by Gasteiger charge is -2.55. The lowest BCUT2D eigenvalue weighted by molar-refractivity contribution is -0.149. The first-order valence-electron chi connectivity index (χ1n) is 12.0. The number of hydrogen-bond donors (Lipinski definition) is 0. The molecular formula is C28H34O4. The molecule has 1 aromatic rings. The van der Waals surface area contributed by atoms with Crippen molar-refractivity contribution in [2.24, 2.45) is 17.3 Å². The number of hydrogen-bond acceptors (Lipinski definition) is 4. The summed E-state index contributed by atoms with van der Waals surface area (Å²) < 4.78 is 12.0. The van der Waals surface area contributed by atoms with Gasteiger partial charge in [0.25, 0.3) is 0 Å². The number of fused-ring (bicyclic) bond motifs is 4. The minimum Gasteiger partial charge on any atom is -0.382 e. The van der Waals surface area contributed by atoms with E-state index in [1.807, 2.05) is 25.3 Å². The maximum Gasteiger partial charge on any atom is 0.156 e. The third-order valence-corrected chi connectivity index (χ3v) is 9.27. The third kappa shape index (κ3) is 3.10. The SMILES string of the molecule is COC[C@@]1(OC)CC[C@@H]2[C@H]3CCC4=CC(=O)CCC4=C3[C@H](c3ccc(C=O)cc3)C[C@]21C. The lowest BCUT2D eigenvalue weighted by Crippen LogP contribution is -2.54. The highest BCUT2D eigenvalue weighted by atomic mass is 16.5. The highest BCUT2D eigenvalue weighted by Crippen LogP contribution is 2.67. The molecule has 0 spiro atoms. The largest absolute Gasteiger partial charge is 0.382 e. The van der Waals surface area contributed by atoms with Gasteiger partial charge in [-0.1, -0.05) is 36.8 Å². The van der Waals surface area contributed by atoms with E-state index in [-0.39, 0.29) is 22.7 Å². The topological polar surface area (TPSA) is 52.6 Å². The molecule has 2 saturated carbocycles. The molecule has 5 rings (SSSR count). The van der Waals surface area contributed by atoms with Gasteiger partial charge in [-0.15, -0.1) is 0 Å². The van der Waals surface area contributed by atoms with Gasteiger partial charge in [-0.25, -0.2) is 0 Å². The number of allylic oxidation sites excluding steroid dienone is 4. The van der Waals surface area contributed by atoms with Gasteiger partial charge in [-0.3, -0.25) is 9.59 Å². The zero-order valence-electron chi connectivity index (χ0n) is 19.5. The van der Waals surface area contributed by atoms with Gasteiger partial charge in [0.05, 0.1) is 12.2 Å². The second-order valence-electron chi connectivity index (χ2n) is 10.5. The van der Waals surface area contributed by atoms with Gasteiger partial charge >= 0.3 is 0 Å². The van der Waals surface area contributed by atoms with Crippen LogP contribution in [0.15, 0.2) is 47.1 Å². The van der Waals surface area contributed by atoms with E-state index in [2.05, 4.69) is 19.1 Å². The molecule has 4 aliphatic rings. The Morgan fingerprint density at radius 1 is 1.09 bits per heavy atom. The number of carbonyl (C=O) groups excluding carboxylic acids is 2. The van der Waals surface area contributed by atoms with Crippen molar-refractivity contribution in [3.63, 3.8) is 0 Å². The monoisotopic (exact) mass is 434 g/mol. The highest BCUT2D eigenvalue weighted by Gasteiger charge is 2.63. The van der Waals surface area contributed by atoms with Gasteiger partial charge in [0.1, 0.15) is 6.29 Å². The molecule has 0 aromatic heterocycles. The van der Waals surface area contributed by atoms with Crippen LogP contribution in [0.3, 0.4) is 0 Å². The number of benzene rings is 1. The molecule has 4 nitrogen and oxygen atoms in total. The molecule has 32 heavy (non-hydrogen) atoms. The predicted molar refractivity (Wildman–Crippen MR) is 124 cm³/mol. The molecule has 5 atom stereocenters. The van der Waals surface area contributed by atoms with E-state index >= 15 is 0 Å². The summed E-state index contributed by atoms with van der Waals surface area (Å²) in [5.74, 6) is 1.62. The second-order valence-corrected chi connectivity index (χ2v) is 10.5. The molecule has 0 saturated heterocycles. The molecule has 170 valence electrons. The highest BCUT2D eigenvalue weighted by molar-refractivity contribution is 5.93. The number of ketones is 1. The molecule has 1 aromatic carbocycles. The van der Waals surface area contributed by atoms with Gasteiger partial charge in [-0.2, -0.15) is 0 Å². The Morgan fingerprint density at radius 2 is 1.88 bits per heavy atom. The van der Waals surface area contributed by atoms with Crippen LogP contribution in [0, 0.1) is 17.3 Å². The summed E-state index contributed by atoms with van der Waals surface area (Å²) in [6.07, 6.45) is 9.62. The Morgan fingerprint density at radius 3 is 2.56 bits per heavy atom. The molecule has 0 radical (unpaired) electrons. The number of carbonyl (C=O) groups is 2. The van der Waals surface area contributed by atoms with Gasteiger partial charge in [-0.05, 0) is 73.1 Å². The Labute approximate surface area is 191 Å². The van der Waals surface area contributed by atoms with Gasteiger partial charge < -0.3 is 9.47 Å². The standard InChI is InChI=1S/C28H34O4/c1-27-15-24(19-6-4-18(16-29)5-7-19)26-22-11-9-21(30)14-20(22)8-10-23(26)25(27)12-13-28(27,32-3)17-31-2/h4-7,14,16,23-25H,8-13,15,17H2,1-3H3/t23-,24+,25-,27-,28+/m1/s1. The van der Waals surface area contributed by atoms with Crippen molar-refractivity contribution in [3.8, 4) is 0 Å². The van der Waals surface area contributed by atoms with Crippen LogP contribution in [0.4, 0.5) is 0 Å². The smallest absolute Gasteiger partial charge is 0.156 e. The molecule has 4 heteroatoms. The Hall–Kier alpha value is -2.04. The van der Waals surface area contributed by atoms with Crippen molar-refractivity contribution in [2.75, 3.05) is 20.8 Å². The predicted octanol–water partition coefficient (Wildman–Crippen LogP) is 5.43. The molecule has 0 aliphatic heterocycles. The number of aldehydes is 1. The van der Waals surface area contributed by atoms with Crippen molar-refractivity contribution in [1.82, 2.24) is 0 Å². The lowest BCUT2D eigenvalue weighted by atomic mass is 9.51. The Kier molecular flexibility index (Phi) is 5.50. The zero-order chi connectivity index (χ0) is 22.5. The fourth-order valence-corrected chi connectivity index (χ4v) is 7.71. The molecule has 0 bridgehead atoms. The fourth-order valence-electron chi connectivity index (χ4n) is 7.71. The number of methoxy groups -OCH3 is 2. The van der Waals surface area contributed by atoms with E-state index in [1.165, 1.54) is 16.7 Å². The van der Waals surface area contributed by atoms with Crippen LogP contribution in [0.25, 0.3) is 0 Å². The van der Waals surface area contributed by atoms with Crippen LogP contribution in [-0.4, -0.2) is 38.5 Å². The average molecular weight is 435 g/mol.